The summed E-state index contributed by atoms with van der Waals surface area (Å²) in [5.74, 6) is -1.79. The highest BCUT2D eigenvalue weighted by atomic mass is 79.9. The highest BCUT2D eigenvalue weighted by Gasteiger charge is 2.23. The van der Waals surface area contributed by atoms with Gasteiger partial charge in [0.05, 0.1) is 10.4 Å². The fraction of sp³-hybridized carbons (Fsp3) is 0.385. The summed E-state index contributed by atoms with van der Waals surface area (Å²) in [5.41, 5.74) is 6.58. The normalized spacial score (nSPS) is 13.1. The third-order valence-electron chi connectivity index (χ3n) is 2.89. The first-order chi connectivity index (χ1) is 9.40. The number of halogens is 2. The number of amidine groups is 1. The van der Waals surface area contributed by atoms with Crippen LogP contribution in [0.15, 0.2) is 21.8 Å². The fourth-order valence-corrected chi connectivity index (χ4v) is 2.23. The van der Waals surface area contributed by atoms with Crippen LogP contribution in [0, 0.1) is 18.7 Å². The number of rotatable bonds is 5. The second-order valence-electron chi connectivity index (χ2n) is 4.44. The Kier molecular flexibility index (Phi) is 5.94. The molecule has 5 nitrogen and oxygen atoms in total. The van der Waals surface area contributed by atoms with Gasteiger partial charge in [-0.1, -0.05) is 18.5 Å². The van der Waals surface area contributed by atoms with Crippen LogP contribution < -0.4 is 11.1 Å². The summed E-state index contributed by atoms with van der Waals surface area (Å²) >= 11 is 3.07. The summed E-state index contributed by atoms with van der Waals surface area (Å²) in [6, 6.07) is 2.80. The van der Waals surface area contributed by atoms with Gasteiger partial charge in [0.2, 0.25) is 5.91 Å². The Morgan fingerprint density at radius 3 is 2.80 bits per heavy atom. The van der Waals surface area contributed by atoms with Crippen molar-refractivity contribution in [2.75, 3.05) is 5.32 Å². The summed E-state index contributed by atoms with van der Waals surface area (Å²) in [4.78, 5) is 12.1. The van der Waals surface area contributed by atoms with Crippen molar-refractivity contribution in [1.82, 2.24) is 0 Å². The lowest BCUT2D eigenvalue weighted by Crippen LogP contribution is -2.34. The molecule has 110 valence electrons. The van der Waals surface area contributed by atoms with Gasteiger partial charge in [0.15, 0.2) is 5.84 Å². The second-order valence-corrected chi connectivity index (χ2v) is 5.29. The lowest BCUT2D eigenvalue weighted by molar-refractivity contribution is -0.118. The molecule has 0 bridgehead atoms. The SMILES string of the molecule is CCCC(C(=O)Nc1cc(F)c(Br)cc1C)/C(N)=N/O. The zero-order chi connectivity index (χ0) is 15.3. The van der Waals surface area contributed by atoms with Gasteiger partial charge in [0.25, 0.3) is 0 Å². The summed E-state index contributed by atoms with van der Waals surface area (Å²) in [6.45, 7) is 3.63. The van der Waals surface area contributed by atoms with E-state index in [0.29, 0.717) is 28.6 Å². The van der Waals surface area contributed by atoms with Crippen LogP contribution in [-0.2, 0) is 4.79 Å². The first-order valence-electron chi connectivity index (χ1n) is 6.14. The molecule has 1 atom stereocenters. The van der Waals surface area contributed by atoms with E-state index >= 15 is 0 Å². The number of nitrogens with two attached hydrogens (primary N) is 1. The number of hydrogen-bond acceptors (Lipinski definition) is 3. The number of carbonyl (C=O) groups excluding carboxylic acids is 1. The van der Waals surface area contributed by atoms with E-state index in [1.165, 1.54) is 6.07 Å². The molecule has 1 rings (SSSR count). The van der Waals surface area contributed by atoms with Crippen LogP contribution in [0.25, 0.3) is 0 Å². The number of aryl methyl sites for hydroxylation is 1. The largest absolute Gasteiger partial charge is 0.409 e. The molecule has 0 aliphatic carbocycles. The first-order valence-corrected chi connectivity index (χ1v) is 6.93. The molecule has 0 fully saturated rings. The number of carbonyl (C=O) groups is 1. The average Bonchev–Trinajstić information content (AvgIpc) is 2.41. The molecular weight excluding hydrogens is 329 g/mol. The Morgan fingerprint density at radius 1 is 1.60 bits per heavy atom. The van der Waals surface area contributed by atoms with Gasteiger partial charge in [-0.2, -0.15) is 0 Å². The minimum absolute atomic E-state index is 0.153. The van der Waals surface area contributed by atoms with Crippen molar-refractivity contribution < 1.29 is 14.4 Å². The summed E-state index contributed by atoms with van der Waals surface area (Å²) in [6.07, 6.45) is 1.14. The number of hydrogen-bond donors (Lipinski definition) is 3. The fourth-order valence-electron chi connectivity index (χ4n) is 1.77. The number of amides is 1. The first kappa shape index (κ1) is 16.4. The molecule has 1 unspecified atom stereocenters. The molecule has 0 saturated carbocycles. The van der Waals surface area contributed by atoms with Crippen molar-refractivity contribution in [2.24, 2.45) is 16.8 Å². The number of anilines is 1. The predicted octanol–water partition coefficient (Wildman–Crippen LogP) is 3.00. The van der Waals surface area contributed by atoms with Crippen molar-refractivity contribution in [3.63, 3.8) is 0 Å². The molecular formula is C13H17BrFN3O2. The Labute approximate surface area is 125 Å². The molecule has 1 aromatic carbocycles. The summed E-state index contributed by atoms with van der Waals surface area (Å²) < 4.78 is 13.8. The molecule has 0 aliphatic rings. The molecule has 20 heavy (non-hydrogen) atoms. The average molecular weight is 346 g/mol. The number of benzene rings is 1. The lowest BCUT2D eigenvalue weighted by atomic mass is 10.0. The molecule has 0 spiro atoms. The van der Waals surface area contributed by atoms with Crippen molar-refractivity contribution in [3.8, 4) is 0 Å². The lowest BCUT2D eigenvalue weighted by Gasteiger charge is -2.16. The van der Waals surface area contributed by atoms with Gasteiger partial charge in [-0.15, -0.1) is 0 Å². The number of oxime groups is 1. The van der Waals surface area contributed by atoms with Crippen LogP contribution in [0.3, 0.4) is 0 Å². The van der Waals surface area contributed by atoms with E-state index in [4.69, 9.17) is 10.9 Å². The minimum Gasteiger partial charge on any atom is -0.409 e. The van der Waals surface area contributed by atoms with Gasteiger partial charge in [-0.25, -0.2) is 4.39 Å². The van der Waals surface area contributed by atoms with E-state index in [9.17, 15) is 9.18 Å². The Bertz CT molecular complexity index is 535. The van der Waals surface area contributed by atoms with Crippen LogP contribution in [0.1, 0.15) is 25.3 Å². The van der Waals surface area contributed by atoms with Crippen molar-refractivity contribution in [3.05, 3.63) is 28.0 Å². The molecule has 0 aromatic heterocycles. The van der Waals surface area contributed by atoms with Gasteiger partial charge < -0.3 is 16.3 Å². The molecule has 4 N–H and O–H groups in total. The third kappa shape index (κ3) is 3.93. The van der Waals surface area contributed by atoms with Gasteiger partial charge >= 0.3 is 0 Å². The van der Waals surface area contributed by atoms with E-state index in [1.54, 1.807) is 13.0 Å². The third-order valence-corrected chi connectivity index (χ3v) is 3.50. The van der Waals surface area contributed by atoms with E-state index < -0.39 is 17.6 Å². The Hall–Kier alpha value is -1.63. The molecule has 7 heteroatoms. The van der Waals surface area contributed by atoms with Gasteiger partial charge in [-0.05, 0) is 47.0 Å². The number of nitrogens with one attached hydrogen (secondary N) is 1. The smallest absolute Gasteiger partial charge is 0.235 e. The topological polar surface area (TPSA) is 87.7 Å². The molecule has 1 amide bonds. The Balaban J connectivity index is 2.96. The van der Waals surface area contributed by atoms with Gasteiger partial charge in [-0.3, -0.25) is 4.79 Å². The van der Waals surface area contributed by atoms with E-state index in [1.807, 2.05) is 6.92 Å². The highest BCUT2D eigenvalue weighted by molar-refractivity contribution is 9.10. The summed E-state index contributed by atoms with van der Waals surface area (Å²) in [7, 11) is 0. The maximum absolute atomic E-state index is 13.5. The minimum atomic E-state index is -0.740. The van der Waals surface area contributed by atoms with E-state index in [0.717, 1.165) is 0 Å². The molecule has 0 aliphatic heterocycles. The molecule has 0 saturated heterocycles. The van der Waals surface area contributed by atoms with Crippen LogP contribution in [-0.4, -0.2) is 17.0 Å². The number of nitrogens with zero attached hydrogens (tertiary/aromatic N) is 1. The zero-order valence-corrected chi connectivity index (χ0v) is 12.9. The molecule has 0 radical (unpaired) electrons. The molecule has 0 heterocycles. The maximum atomic E-state index is 13.5. The van der Waals surface area contributed by atoms with Crippen molar-refractivity contribution >= 4 is 33.4 Å². The van der Waals surface area contributed by atoms with Crippen LogP contribution in [0.5, 0.6) is 0 Å². The van der Waals surface area contributed by atoms with Crippen molar-refractivity contribution in [2.45, 2.75) is 26.7 Å². The predicted molar refractivity (Wildman–Crippen MR) is 79.3 cm³/mol. The zero-order valence-electron chi connectivity index (χ0n) is 11.3. The molecule has 1 aromatic rings. The second kappa shape index (κ2) is 7.23. The van der Waals surface area contributed by atoms with Crippen LogP contribution in [0.2, 0.25) is 0 Å². The standard InChI is InChI=1S/C13H17BrFN3O2/c1-3-4-8(12(16)18-20)13(19)17-11-6-10(15)9(14)5-7(11)2/h5-6,8,20H,3-4H2,1-2H3,(H2,16,18)(H,17,19). The quantitative estimate of drug-likeness (QED) is 0.331. The van der Waals surface area contributed by atoms with Gasteiger partial charge in [0.1, 0.15) is 5.82 Å². The van der Waals surface area contributed by atoms with Crippen LogP contribution >= 0.6 is 15.9 Å². The monoisotopic (exact) mass is 345 g/mol. The Morgan fingerprint density at radius 2 is 2.25 bits per heavy atom. The van der Waals surface area contributed by atoms with E-state index in [2.05, 4.69) is 26.4 Å². The van der Waals surface area contributed by atoms with Crippen LogP contribution in [0.4, 0.5) is 10.1 Å². The summed E-state index contributed by atoms with van der Waals surface area (Å²) in [5, 5.41) is 14.2. The van der Waals surface area contributed by atoms with Gasteiger partial charge in [0, 0.05) is 5.69 Å². The van der Waals surface area contributed by atoms with Crippen molar-refractivity contribution in [1.29, 1.82) is 0 Å². The van der Waals surface area contributed by atoms with E-state index in [-0.39, 0.29) is 5.84 Å². The highest BCUT2D eigenvalue weighted by Crippen LogP contribution is 2.24. The maximum Gasteiger partial charge on any atom is 0.235 e.